The molecule has 12 heavy (non-hydrogen) atoms. The van der Waals surface area contributed by atoms with Crippen LogP contribution in [0.4, 0.5) is 0 Å². The van der Waals surface area contributed by atoms with Gasteiger partial charge in [-0.05, 0) is 13.8 Å². The predicted octanol–water partition coefficient (Wildman–Crippen LogP) is 0.356. The molecule has 4 heteroatoms. The van der Waals surface area contributed by atoms with Crippen molar-refractivity contribution in [1.29, 1.82) is 0 Å². The summed E-state index contributed by atoms with van der Waals surface area (Å²) in [6.07, 6.45) is 0.750. The van der Waals surface area contributed by atoms with Crippen LogP contribution in [-0.4, -0.2) is 50.8 Å². The number of carbonyl (C=O) groups is 1. The zero-order valence-corrected chi connectivity index (χ0v) is 8.70. The van der Waals surface area contributed by atoms with Gasteiger partial charge in [0.05, 0.1) is 0 Å². The van der Waals surface area contributed by atoms with Crippen LogP contribution in [0.2, 0.25) is 0 Å². The molecule has 0 saturated heterocycles. The number of ether oxygens (including phenoxy) is 1. The lowest BCUT2D eigenvalue weighted by Crippen LogP contribution is -2.06. The fourth-order valence-electron chi connectivity index (χ4n) is 0.204. The van der Waals surface area contributed by atoms with Gasteiger partial charge in [-0.2, -0.15) is 0 Å². The quantitative estimate of drug-likeness (QED) is 0.636. The lowest BCUT2D eigenvalue weighted by atomic mass is 10.8. The molecule has 0 radical (unpaired) electrons. The zero-order chi connectivity index (χ0) is 10.4. The summed E-state index contributed by atoms with van der Waals surface area (Å²) in [5.74, 6) is 0. The molecule has 0 aromatic rings. The van der Waals surface area contributed by atoms with E-state index in [1.54, 1.807) is 14.1 Å². The van der Waals surface area contributed by atoms with E-state index < -0.39 is 0 Å². The van der Waals surface area contributed by atoms with Gasteiger partial charge >= 0.3 is 0 Å². The molecular formula is C8H21NO3. The van der Waals surface area contributed by atoms with Crippen molar-refractivity contribution in [3.63, 3.8) is 0 Å². The van der Waals surface area contributed by atoms with Gasteiger partial charge in [0.2, 0.25) is 6.41 Å². The molecule has 0 unspecified atom stereocenters. The third-order valence-corrected chi connectivity index (χ3v) is 0.619. The number of aliphatic hydroxyl groups excluding tert-OH is 1. The minimum atomic E-state index is 0.750. The summed E-state index contributed by atoms with van der Waals surface area (Å²) in [5.41, 5.74) is 0. The fourth-order valence-corrected chi connectivity index (χ4v) is 0.204. The molecule has 0 atom stereocenters. The second-order valence-electron chi connectivity index (χ2n) is 1.85. The molecule has 1 N–H and O–H groups in total. The van der Waals surface area contributed by atoms with E-state index in [-0.39, 0.29) is 0 Å². The summed E-state index contributed by atoms with van der Waals surface area (Å²) < 4.78 is 4.83. The van der Waals surface area contributed by atoms with Crippen LogP contribution in [0, 0.1) is 0 Å². The largest absolute Gasteiger partial charge is 0.400 e. The molecule has 0 aliphatic carbocycles. The number of hydrogen-bond donors (Lipinski definition) is 1. The summed E-state index contributed by atoms with van der Waals surface area (Å²) >= 11 is 0. The van der Waals surface area contributed by atoms with Crippen molar-refractivity contribution < 1.29 is 14.6 Å². The van der Waals surface area contributed by atoms with E-state index in [0.717, 1.165) is 26.7 Å². The lowest BCUT2D eigenvalue weighted by Gasteiger charge is -1.93. The van der Waals surface area contributed by atoms with Crippen LogP contribution in [0.15, 0.2) is 0 Å². The first-order chi connectivity index (χ1) is 5.68. The number of aliphatic hydroxyl groups is 1. The van der Waals surface area contributed by atoms with Gasteiger partial charge in [0.1, 0.15) is 0 Å². The van der Waals surface area contributed by atoms with Crippen molar-refractivity contribution in [1.82, 2.24) is 4.90 Å². The van der Waals surface area contributed by atoms with Crippen molar-refractivity contribution in [2.24, 2.45) is 0 Å². The summed E-state index contributed by atoms with van der Waals surface area (Å²) in [7, 11) is 4.38. The molecular weight excluding hydrogens is 158 g/mol. The van der Waals surface area contributed by atoms with E-state index in [9.17, 15) is 4.79 Å². The van der Waals surface area contributed by atoms with Gasteiger partial charge in [-0.15, -0.1) is 0 Å². The van der Waals surface area contributed by atoms with Crippen LogP contribution < -0.4 is 0 Å². The Balaban J connectivity index is -0.000000112. The number of rotatable bonds is 3. The number of nitrogens with zero attached hydrogens (tertiary/aromatic N) is 1. The summed E-state index contributed by atoms with van der Waals surface area (Å²) in [6.45, 7) is 5.67. The first-order valence-electron chi connectivity index (χ1n) is 3.83. The monoisotopic (exact) mass is 179 g/mol. The van der Waals surface area contributed by atoms with Crippen molar-refractivity contribution in [2.45, 2.75) is 13.8 Å². The highest BCUT2D eigenvalue weighted by atomic mass is 16.5. The number of amides is 1. The van der Waals surface area contributed by atoms with Crippen LogP contribution in [-0.2, 0) is 9.53 Å². The van der Waals surface area contributed by atoms with Crippen LogP contribution >= 0.6 is 0 Å². The van der Waals surface area contributed by atoms with E-state index in [1.165, 1.54) is 4.90 Å². The van der Waals surface area contributed by atoms with Gasteiger partial charge in [0, 0.05) is 34.4 Å². The first kappa shape index (κ1) is 17.5. The molecule has 0 heterocycles. The molecule has 0 aliphatic rings. The van der Waals surface area contributed by atoms with Crippen LogP contribution in [0.1, 0.15) is 13.8 Å². The van der Waals surface area contributed by atoms with Crippen molar-refractivity contribution in [3.05, 3.63) is 0 Å². The van der Waals surface area contributed by atoms with Crippen LogP contribution in [0.3, 0.4) is 0 Å². The van der Waals surface area contributed by atoms with E-state index in [4.69, 9.17) is 9.84 Å². The standard InChI is InChI=1S/C4H10O.C3H7NO.CH4O/c1-3-5-4-2;1-4(2)3-5;1-2/h3-4H2,1-2H3;3H,1-2H3;2H,1H3. The second-order valence-corrected chi connectivity index (χ2v) is 1.85. The summed E-state index contributed by atoms with van der Waals surface area (Å²) in [6, 6.07) is 0. The molecule has 0 bridgehead atoms. The van der Waals surface area contributed by atoms with E-state index in [2.05, 4.69) is 0 Å². The number of carbonyl (C=O) groups excluding carboxylic acids is 1. The molecule has 0 fully saturated rings. The van der Waals surface area contributed by atoms with E-state index in [1.807, 2.05) is 13.8 Å². The molecule has 0 rings (SSSR count). The van der Waals surface area contributed by atoms with Gasteiger partial charge in [-0.3, -0.25) is 4.79 Å². The molecule has 76 valence electrons. The smallest absolute Gasteiger partial charge is 0.209 e. The van der Waals surface area contributed by atoms with Gasteiger partial charge in [-0.1, -0.05) is 0 Å². The van der Waals surface area contributed by atoms with Crippen molar-refractivity contribution in [2.75, 3.05) is 34.4 Å². The SMILES string of the molecule is CCOCC.CN(C)C=O.CO. The maximum atomic E-state index is 9.43. The van der Waals surface area contributed by atoms with Crippen molar-refractivity contribution in [3.8, 4) is 0 Å². The Bertz CT molecular complexity index is 65.3. The van der Waals surface area contributed by atoms with Gasteiger partial charge in [0.15, 0.2) is 0 Å². The molecule has 0 aromatic carbocycles. The second kappa shape index (κ2) is 22.4. The first-order valence-corrected chi connectivity index (χ1v) is 3.83. The molecule has 0 aliphatic heterocycles. The minimum absolute atomic E-state index is 0.750. The minimum Gasteiger partial charge on any atom is -0.400 e. The lowest BCUT2D eigenvalue weighted by molar-refractivity contribution is -0.115. The maximum absolute atomic E-state index is 9.43. The third kappa shape index (κ3) is 57.5. The molecule has 0 saturated carbocycles. The topological polar surface area (TPSA) is 49.8 Å². The Hall–Kier alpha value is -0.610. The zero-order valence-electron chi connectivity index (χ0n) is 8.70. The van der Waals surface area contributed by atoms with Gasteiger partial charge < -0.3 is 14.7 Å². The maximum Gasteiger partial charge on any atom is 0.209 e. The normalized spacial score (nSPS) is 6.83. The highest BCUT2D eigenvalue weighted by Crippen LogP contribution is 1.64. The van der Waals surface area contributed by atoms with Crippen LogP contribution in [0.5, 0.6) is 0 Å². The fraction of sp³-hybridized carbons (Fsp3) is 0.875. The Morgan fingerprint density at radius 3 is 1.50 bits per heavy atom. The average Bonchev–Trinajstić information content (AvgIpc) is 2.10. The average molecular weight is 179 g/mol. The highest BCUT2D eigenvalue weighted by Gasteiger charge is 1.68. The van der Waals surface area contributed by atoms with Crippen molar-refractivity contribution >= 4 is 6.41 Å². The van der Waals surface area contributed by atoms with Gasteiger partial charge in [0.25, 0.3) is 0 Å². The van der Waals surface area contributed by atoms with Crippen LogP contribution in [0.25, 0.3) is 0 Å². The summed E-state index contributed by atoms with van der Waals surface area (Å²) in [4.78, 5) is 10.9. The third-order valence-electron chi connectivity index (χ3n) is 0.619. The summed E-state index contributed by atoms with van der Waals surface area (Å²) in [5, 5.41) is 7.00. The molecule has 1 amide bonds. The number of hydrogen-bond acceptors (Lipinski definition) is 3. The molecule has 0 spiro atoms. The predicted molar refractivity (Wildman–Crippen MR) is 50.1 cm³/mol. The molecule has 0 aromatic heterocycles. The Labute approximate surface area is 75.1 Å². The highest BCUT2D eigenvalue weighted by molar-refractivity contribution is 5.45. The Morgan fingerprint density at radius 1 is 1.25 bits per heavy atom. The van der Waals surface area contributed by atoms with E-state index >= 15 is 0 Å². The Morgan fingerprint density at radius 2 is 1.50 bits per heavy atom. The molecule has 4 nitrogen and oxygen atoms in total. The van der Waals surface area contributed by atoms with E-state index in [0.29, 0.717) is 0 Å². The Kier molecular flexibility index (Phi) is 32.7. The van der Waals surface area contributed by atoms with Gasteiger partial charge in [-0.25, -0.2) is 0 Å².